The van der Waals surface area contributed by atoms with Crippen LogP contribution in [-0.4, -0.2) is 53.5 Å². The number of aryl methyl sites for hydroxylation is 2. The van der Waals surface area contributed by atoms with Crippen LogP contribution in [0, 0.1) is 0 Å². The van der Waals surface area contributed by atoms with Gasteiger partial charge in [0.1, 0.15) is 5.56 Å². The number of carbonyl (C=O) groups is 1. The number of halogens is 1. The second-order valence-corrected chi connectivity index (χ2v) is 7.29. The van der Waals surface area contributed by atoms with Gasteiger partial charge in [-0.25, -0.2) is 0 Å². The first kappa shape index (κ1) is 14.9. The van der Waals surface area contributed by atoms with E-state index in [1.54, 1.807) is 11.1 Å². The molecule has 2 aliphatic rings. The van der Waals surface area contributed by atoms with Crippen molar-refractivity contribution in [3.63, 3.8) is 0 Å². The third-order valence-corrected chi connectivity index (χ3v) is 5.32. The average Bonchev–Trinajstić information content (AvgIpc) is 2.94. The molecule has 0 atom stereocenters. The molecule has 23 heavy (non-hydrogen) atoms. The third kappa shape index (κ3) is 2.40. The lowest BCUT2D eigenvalue weighted by atomic mass is 10.1. The van der Waals surface area contributed by atoms with E-state index < -0.39 is 0 Å². The van der Waals surface area contributed by atoms with Crippen molar-refractivity contribution in [3.05, 3.63) is 44.2 Å². The van der Waals surface area contributed by atoms with Crippen molar-refractivity contribution in [3.8, 4) is 0 Å². The van der Waals surface area contributed by atoms with Gasteiger partial charge >= 0.3 is 0 Å². The van der Waals surface area contributed by atoms with E-state index in [1.165, 1.54) is 5.56 Å². The monoisotopic (exact) mass is 375 g/mol. The summed E-state index contributed by atoms with van der Waals surface area (Å²) < 4.78 is 2.96. The number of nitrogens with zero attached hydrogens (tertiary/aromatic N) is 3. The molecule has 1 amide bonds. The minimum atomic E-state index is -0.148. The van der Waals surface area contributed by atoms with Crippen LogP contribution >= 0.6 is 15.9 Å². The number of hydrogen-bond acceptors (Lipinski definition) is 3. The molecule has 1 saturated heterocycles. The van der Waals surface area contributed by atoms with E-state index in [2.05, 4.69) is 31.5 Å². The molecule has 1 aromatic heterocycles. The second kappa shape index (κ2) is 5.46. The van der Waals surface area contributed by atoms with Gasteiger partial charge in [0.15, 0.2) is 0 Å². The molecule has 0 unspecified atom stereocenters. The summed E-state index contributed by atoms with van der Waals surface area (Å²) in [6.07, 6.45) is 2.66. The minimum Gasteiger partial charge on any atom is -0.346 e. The Hall–Kier alpha value is -1.66. The lowest BCUT2D eigenvalue weighted by Crippen LogP contribution is -2.48. The fourth-order valence-electron chi connectivity index (χ4n) is 3.53. The van der Waals surface area contributed by atoms with Crippen LogP contribution in [0.2, 0.25) is 0 Å². The van der Waals surface area contributed by atoms with Crippen molar-refractivity contribution in [2.45, 2.75) is 13.0 Å². The summed E-state index contributed by atoms with van der Waals surface area (Å²) in [7, 11) is 2.05. The van der Waals surface area contributed by atoms with Gasteiger partial charge < -0.3 is 14.4 Å². The number of pyridine rings is 1. The van der Waals surface area contributed by atoms with Crippen molar-refractivity contribution in [2.24, 2.45) is 0 Å². The smallest absolute Gasteiger partial charge is 0.259 e. The van der Waals surface area contributed by atoms with Crippen LogP contribution in [0.1, 0.15) is 15.9 Å². The number of benzene rings is 1. The molecule has 1 aromatic carbocycles. The van der Waals surface area contributed by atoms with Crippen LogP contribution in [0.4, 0.5) is 0 Å². The molecule has 1 fully saturated rings. The highest BCUT2D eigenvalue weighted by molar-refractivity contribution is 9.10. The number of aromatic nitrogens is 1. The highest BCUT2D eigenvalue weighted by atomic mass is 79.9. The Morgan fingerprint density at radius 3 is 2.61 bits per heavy atom. The fourth-order valence-corrected chi connectivity index (χ4v) is 4.04. The van der Waals surface area contributed by atoms with E-state index >= 15 is 0 Å². The molecule has 120 valence electrons. The quantitative estimate of drug-likeness (QED) is 0.761. The Morgan fingerprint density at radius 2 is 1.87 bits per heavy atom. The zero-order chi connectivity index (χ0) is 16.1. The molecule has 0 spiro atoms. The molecule has 0 bridgehead atoms. The summed E-state index contributed by atoms with van der Waals surface area (Å²) in [4.78, 5) is 29.7. The van der Waals surface area contributed by atoms with E-state index in [0.29, 0.717) is 24.0 Å². The molecule has 5 nitrogen and oxygen atoms in total. The first-order valence-corrected chi connectivity index (χ1v) is 8.67. The van der Waals surface area contributed by atoms with E-state index in [1.807, 2.05) is 13.1 Å². The Labute approximate surface area is 142 Å². The zero-order valence-electron chi connectivity index (χ0n) is 13.0. The Balaban J connectivity index is 1.82. The van der Waals surface area contributed by atoms with Crippen LogP contribution in [0.3, 0.4) is 0 Å². The Kier molecular flexibility index (Phi) is 3.54. The largest absolute Gasteiger partial charge is 0.346 e. The fraction of sp³-hybridized carbons (Fsp3) is 0.412. The summed E-state index contributed by atoms with van der Waals surface area (Å²) in [5.41, 5.74) is 2.30. The number of rotatable bonds is 1. The molecule has 6 heteroatoms. The molecular weight excluding hydrogens is 358 g/mol. The molecule has 2 aromatic rings. The maximum Gasteiger partial charge on any atom is 0.259 e. The number of amides is 1. The number of piperazine rings is 1. The summed E-state index contributed by atoms with van der Waals surface area (Å²) in [5.74, 6) is -0.137. The summed E-state index contributed by atoms with van der Waals surface area (Å²) in [6.45, 7) is 3.88. The van der Waals surface area contributed by atoms with Crippen LogP contribution in [-0.2, 0) is 13.0 Å². The van der Waals surface area contributed by atoms with Crippen molar-refractivity contribution < 1.29 is 4.79 Å². The number of likely N-dealkylation sites (N-methyl/N-ethyl adjacent to an activating group) is 1. The maximum absolute atomic E-state index is 12.9. The number of hydrogen-bond donors (Lipinski definition) is 0. The summed E-state index contributed by atoms with van der Waals surface area (Å²) in [5, 5.41) is 0.645. The lowest BCUT2D eigenvalue weighted by Gasteiger charge is -2.32. The van der Waals surface area contributed by atoms with Gasteiger partial charge in [-0.3, -0.25) is 9.59 Å². The Bertz CT molecular complexity index is 866. The average molecular weight is 376 g/mol. The van der Waals surface area contributed by atoms with Crippen molar-refractivity contribution in [1.29, 1.82) is 0 Å². The topological polar surface area (TPSA) is 45.5 Å². The van der Waals surface area contributed by atoms with Crippen molar-refractivity contribution in [1.82, 2.24) is 14.4 Å². The molecule has 0 saturated carbocycles. The minimum absolute atomic E-state index is 0.137. The van der Waals surface area contributed by atoms with Crippen LogP contribution in [0.5, 0.6) is 0 Å². The third-order valence-electron chi connectivity index (χ3n) is 4.86. The van der Waals surface area contributed by atoms with Gasteiger partial charge in [-0.1, -0.05) is 15.9 Å². The summed E-state index contributed by atoms with van der Waals surface area (Å²) >= 11 is 3.48. The second-order valence-electron chi connectivity index (χ2n) is 6.37. The van der Waals surface area contributed by atoms with Crippen LogP contribution < -0.4 is 5.43 Å². The van der Waals surface area contributed by atoms with Gasteiger partial charge in [0.05, 0.1) is 5.52 Å². The predicted molar refractivity (Wildman–Crippen MR) is 93.0 cm³/mol. The van der Waals surface area contributed by atoms with E-state index in [9.17, 15) is 9.59 Å². The normalized spacial score (nSPS) is 17.9. The Morgan fingerprint density at radius 1 is 1.13 bits per heavy atom. The van der Waals surface area contributed by atoms with Gasteiger partial charge in [-0.2, -0.15) is 0 Å². The first-order valence-electron chi connectivity index (χ1n) is 7.88. The molecule has 4 rings (SSSR count). The van der Waals surface area contributed by atoms with Crippen LogP contribution in [0.25, 0.3) is 10.9 Å². The molecule has 3 heterocycles. The number of carbonyl (C=O) groups excluding carboxylic acids is 1. The molecule has 0 radical (unpaired) electrons. The van der Waals surface area contributed by atoms with Gasteiger partial charge in [-0.05, 0) is 31.2 Å². The van der Waals surface area contributed by atoms with Gasteiger partial charge in [0.25, 0.3) is 5.91 Å². The van der Waals surface area contributed by atoms with Crippen LogP contribution in [0.15, 0.2) is 27.6 Å². The standard InChI is InChI=1S/C17H18BrN3O2/c1-19-4-6-20(7-5-19)17(23)14-10-21-3-2-11-8-12(18)9-13(15(11)21)16(14)22/h8-10H,2-7H2,1H3. The first-order chi connectivity index (χ1) is 11.0. The van der Waals surface area contributed by atoms with Gasteiger partial charge in [0.2, 0.25) is 5.43 Å². The van der Waals surface area contributed by atoms with Crippen molar-refractivity contribution in [2.75, 3.05) is 33.2 Å². The molecule has 0 N–H and O–H groups in total. The lowest BCUT2D eigenvalue weighted by molar-refractivity contribution is 0.0662. The van der Waals surface area contributed by atoms with Gasteiger partial charge in [-0.15, -0.1) is 0 Å². The molecule has 2 aliphatic heterocycles. The predicted octanol–water partition coefficient (Wildman–Crippen LogP) is 1.71. The van der Waals surface area contributed by atoms with E-state index in [4.69, 9.17) is 0 Å². The maximum atomic E-state index is 12.9. The SMILES string of the molecule is CN1CCN(C(=O)c2cn3c4c(cc(Br)cc4c2=O)CC3)CC1. The van der Waals surface area contributed by atoms with E-state index in [-0.39, 0.29) is 11.3 Å². The zero-order valence-corrected chi connectivity index (χ0v) is 14.6. The molecular formula is C17H18BrN3O2. The summed E-state index contributed by atoms with van der Waals surface area (Å²) in [6, 6.07) is 3.90. The highest BCUT2D eigenvalue weighted by Crippen LogP contribution is 2.28. The van der Waals surface area contributed by atoms with Crippen molar-refractivity contribution >= 4 is 32.7 Å². The highest BCUT2D eigenvalue weighted by Gasteiger charge is 2.26. The molecule has 0 aliphatic carbocycles. The van der Waals surface area contributed by atoms with E-state index in [0.717, 1.165) is 36.0 Å². The van der Waals surface area contributed by atoms with Gasteiger partial charge in [0, 0.05) is 48.8 Å².